The van der Waals surface area contributed by atoms with E-state index < -0.39 is 0 Å². The van der Waals surface area contributed by atoms with Crippen LogP contribution in [-0.2, 0) is 0 Å². The Balaban J connectivity index is 2.41. The van der Waals surface area contributed by atoms with Crippen LogP contribution in [0, 0.1) is 5.92 Å². The molecule has 1 saturated heterocycles. The molecule has 9 heavy (non-hydrogen) atoms. The SMILES string of the molecule is CC1CNCC(O)C1N. The van der Waals surface area contributed by atoms with Gasteiger partial charge in [0.2, 0.25) is 0 Å². The molecule has 1 aliphatic heterocycles. The number of hydrogen-bond donors (Lipinski definition) is 3. The third kappa shape index (κ3) is 1.41. The highest BCUT2D eigenvalue weighted by Gasteiger charge is 2.24. The van der Waals surface area contributed by atoms with Crippen LogP contribution >= 0.6 is 0 Å². The van der Waals surface area contributed by atoms with Crippen molar-refractivity contribution in [2.75, 3.05) is 13.1 Å². The van der Waals surface area contributed by atoms with Crippen molar-refractivity contribution >= 4 is 0 Å². The third-order valence-corrected chi connectivity index (χ3v) is 1.92. The van der Waals surface area contributed by atoms with E-state index in [2.05, 4.69) is 5.32 Å². The Bertz CT molecular complexity index is 87.1. The summed E-state index contributed by atoms with van der Waals surface area (Å²) in [6, 6.07) is -0.0359. The molecule has 0 saturated carbocycles. The molecule has 1 fully saturated rings. The molecule has 1 heterocycles. The van der Waals surface area contributed by atoms with Crippen molar-refractivity contribution in [3.8, 4) is 0 Å². The first-order valence-corrected chi connectivity index (χ1v) is 3.36. The maximum Gasteiger partial charge on any atom is 0.0818 e. The van der Waals surface area contributed by atoms with Gasteiger partial charge < -0.3 is 16.2 Å². The monoisotopic (exact) mass is 130 g/mol. The van der Waals surface area contributed by atoms with E-state index in [0.717, 1.165) is 6.54 Å². The molecule has 0 amide bonds. The van der Waals surface area contributed by atoms with Crippen LogP contribution in [0.2, 0.25) is 0 Å². The number of aliphatic hydroxyl groups is 1. The van der Waals surface area contributed by atoms with E-state index in [1.165, 1.54) is 0 Å². The van der Waals surface area contributed by atoms with Crippen molar-refractivity contribution in [1.82, 2.24) is 5.32 Å². The molecule has 3 unspecified atom stereocenters. The number of aliphatic hydroxyl groups excluding tert-OH is 1. The van der Waals surface area contributed by atoms with Crippen molar-refractivity contribution < 1.29 is 5.11 Å². The van der Waals surface area contributed by atoms with E-state index in [1.54, 1.807) is 0 Å². The molecule has 4 N–H and O–H groups in total. The molecule has 0 radical (unpaired) electrons. The standard InChI is InChI=1S/C6H14N2O/c1-4-2-8-3-5(9)6(4)7/h4-6,8-9H,2-3,7H2,1H3. The van der Waals surface area contributed by atoms with Gasteiger partial charge in [0.1, 0.15) is 0 Å². The third-order valence-electron chi connectivity index (χ3n) is 1.92. The molecule has 0 aromatic rings. The summed E-state index contributed by atoms with van der Waals surface area (Å²) in [5.41, 5.74) is 5.63. The second-order valence-corrected chi connectivity index (χ2v) is 2.78. The van der Waals surface area contributed by atoms with E-state index in [-0.39, 0.29) is 12.1 Å². The van der Waals surface area contributed by atoms with Crippen molar-refractivity contribution in [2.45, 2.75) is 19.1 Å². The second kappa shape index (κ2) is 2.64. The summed E-state index contributed by atoms with van der Waals surface area (Å²) in [7, 11) is 0. The topological polar surface area (TPSA) is 58.3 Å². The largest absolute Gasteiger partial charge is 0.390 e. The van der Waals surface area contributed by atoms with Gasteiger partial charge in [-0.2, -0.15) is 0 Å². The van der Waals surface area contributed by atoms with Crippen LogP contribution in [-0.4, -0.2) is 30.3 Å². The predicted octanol–water partition coefficient (Wildman–Crippen LogP) is -1.09. The summed E-state index contributed by atoms with van der Waals surface area (Å²) in [6.45, 7) is 3.61. The number of hydrogen-bond acceptors (Lipinski definition) is 3. The van der Waals surface area contributed by atoms with Crippen molar-refractivity contribution in [2.24, 2.45) is 11.7 Å². The summed E-state index contributed by atoms with van der Waals surface area (Å²) in [5.74, 6) is 0.397. The molecule has 3 nitrogen and oxygen atoms in total. The van der Waals surface area contributed by atoms with Crippen LogP contribution < -0.4 is 11.1 Å². The zero-order valence-electron chi connectivity index (χ0n) is 5.67. The fraction of sp³-hybridized carbons (Fsp3) is 1.00. The lowest BCUT2D eigenvalue weighted by Gasteiger charge is -2.30. The minimum absolute atomic E-state index is 0.0359. The quantitative estimate of drug-likeness (QED) is 0.390. The fourth-order valence-corrected chi connectivity index (χ4v) is 1.11. The highest BCUT2D eigenvalue weighted by molar-refractivity contribution is 4.84. The molecule has 0 aromatic heterocycles. The van der Waals surface area contributed by atoms with Gasteiger partial charge in [-0.15, -0.1) is 0 Å². The number of piperidine rings is 1. The van der Waals surface area contributed by atoms with E-state index in [1.807, 2.05) is 6.92 Å². The summed E-state index contributed by atoms with van der Waals surface area (Å²) < 4.78 is 0. The van der Waals surface area contributed by atoms with E-state index in [9.17, 15) is 0 Å². The number of rotatable bonds is 0. The molecule has 0 spiro atoms. The van der Waals surface area contributed by atoms with Crippen LogP contribution in [0.3, 0.4) is 0 Å². The first-order chi connectivity index (χ1) is 4.22. The number of β-amino-alcohol motifs (C(OH)–C–C–N with tert-alkyl or cyclic N) is 1. The van der Waals surface area contributed by atoms with Gasteiger partial charge in [-0.1, -0.05) is 6.92 Å². The molecule has 3 heteroatoms. The van der Waals surface area contributed by atoms with Gasteiger partial charge in [0, 0.05) is 12.6 Å². The fourth-order valence-electron chi connectivity index (χ4n) is 1.11. The molecule has 1 rings (SSSR count). The highest BCUT2D eigenvalue weighted by Crippen LogP contribution is 2.07. The Morgan fingerprint density at radius 3 is 2.67 bits per heavy atom. The molecule has 0 aliphatic carbocycles. The van der Waals surface area contributed by atoms with E-state index in [4.69, 9.17) is 10.8 Å². The van der Waals surface area contributed by atoms with E-state index >= 15 is 0 Å². The van der Waals surface area contributed by atoms with E-state index in [0.29, 0.717) is 12.5 Å². The van der Waals surface area contributed by atoms with Crippen LogP contribution in [0.25, 0.3) is 0 Å². The Morgan fingerprint density at radius 1 is 1.56 bits per heavy atom. The van der Waals surface area contributed by atoms with Crippen molar-refractivity contribution in [3.05, 3.63) is 0 Å². The average molecular weight is 130 g/mol. The van der Waals surface area contributed by atoms with Crippen LogP contribution in [0.5, 0.6) is 0 Å². The number of nitrogens with one attached hydrogen (secondary N) is 1. The zero-order chi connectivity index (χ0) is 6.85. The summed E-state index contributed by atoms with van der Waals surface area (Å²) in [4.78, 5) is 0. The highest BCUT2D eigenvalue weighted by atomic mass is 16.3. The lowest BCUT2D eigenvalue weighted by atomic mass is 9.94. The first kappa shape index (κ1) is 6.99. The summed E-state index contributed by atoms with van der Waals surface area (Å²) in [6.07, 6.45) is -0.353. The number of nitrogens with two attached hydrogens (primary N) is 1. The van der Waals surface area contributed by atoms with Crippen molar-refractivity contribution in [3.63, 3.8) is 0 Å². The van der Waals surface area contributed by atoms with Gasteiger partial charge in [-0.05, 0) is 12.5 Å². The summed E-state index contributed by atoms with van der Waals surface area (Å²) >= 11 is 0. The Labute approximate surface area is 55.2 Å². The first-order valence-electron chi connectivity index (χ1n) is 3.36. The van der Waals surface area contributed by atoms with Crippen molar-refractivity contribution in [1.29, 1.82) is 0 Å². The van der Waals surface area contributed by atoms with Gasteiger partial charge in [-0.25, -0.2) is 0 Å². The second-order valence-electron chi connectivity index (χ2n) is 2.78. The Morgan fingerprint density at radius 2 is 2.22 bits per heavy atom. The molecule has 0 aromatic carbocycles. The minimum Gasteiger partial charge on any atom is -0.390 e. The minimum atomic E-state index is -0.353. The van der Waals surface area contributed by atoms with Crippen LogP contribution in [0.15, 0.2) is 0 Å². The van der Waals surface area contributed by atoms with Gasteiger partial charge in [0.05, 0.1) is 6.10 Å². The van der Waals surface area contributed by atoms with Gasteiger partial charge in [0.15, 0.2) is 0 Å². The summed E-state index contributed by atoms with van der Waals surface area (Å²) in [5, 5.41) is 12.2. The predicted molar refractivity (Wildman–Crippen MR) is 36.0 cm³/mol. The lowest BCUT2D eigenvalue weighted by Crippen LogP contribution is -2.53. The maximum absolute atomic E-state index is 9.16. The smallest absolute Gasteiger partial charge is 0.0818 e. The van der Waals surface area contributed by atoms with Crippen LogP contribution in [0.1, 0.15) is 6.92 Å². The molecular formula is C6H14N2O. The molecule has 54 valence electrons. The molecular weight excluding hydrogens is 116 g/mol. The zero-order valence-corrected chi connectivity index (χ0v) is 5.67. The Hall–Kier alpha value is -0.120. The van der Waals surface area contributed by atoms with Gasteiger partial charge in [0.25, 0.3) is 0 Å². The normalized spacial score (nSPS) is 45.0. The average Bonchev–Trinajstić information content (AvgIpc) is 1.83. The molecule has 3 atom stereocenters. The lowest BCUT2D eigenvalue weighted by molar-refractivity contribution is 0.0945. The maximum atomic E-state index is 9.16. The molecule has 1 aliphatic rings. The Kier molecular flexibility index (Phi) is 2.05. The van der Waals surface area contributed by atoms with Gasteiger partial charge in [-0.3, -0.25) is 0 Å². The van der Waals surface area contributed by atoms with Crippen LogP contribution in [0.4, 0.5) is 0 Å². The van der Waals surface area contributed by atoms with Gasteiger partial charge >= 0.3 is 0 Å². The molecule has 0 bridgehead atoms.